The average Bonchev–Trinajstić information content (AvgIpc) is 3.17. The molecule has 0 aromatic heterocycles. The number of hydrogen-bond acceptors (Lipinski definition) is 4. The van der Waals surface area contributed by atoms with E-state index in [4.69, 9.17) is 4.74 Å². The zero-order chi connectivity index (χ0) is 23.0. The summed E-state index contributed by atoms with van der Waals surface area (Å²) < 4.78 is 6.05. The molecule has 1 aliphatic rings. The molecule has 4 rings (SSSR count). The van der Waals surface area contributed by atoms with Crippen molar-refractivity contribution in [2.45, 2.75) is 39.7 Å². The van der Waals surface area contributed by atoms with Gasteiger partial charge < -0.3 is 10.1 Å². The molecule has 0 atom stereocenters. The Bertz CT molecular complexity index is 1170. The molecule has 168 valence electrons. The second-order valence-electron chi connectivity index (χ2n) is 8.06. The third-order valence-corrected chi connectivity index (χ3v) is 6.27. The fourth-order valence-electron chi connectivity index (χ4n) is 3.43. The van der Waals surface area contributed by atoms with E-state index < -0.39 is 0 Å². The lowest BCUT2D eigenvalue weighted by atomic mass is 10.1. The zero-order valence-corrected chi connectivity index (χ0v) is 19.8. The van der Waals surface area contributed by atoms with Gasteiger partial charge in [0.05, 0.1) is 10.6 Å². The van der Waals surface area contributed by atoms with Crippen molar-refractivity contribution in [1.29, 1.82) is 0 Å². The number of amidine groups is 1. The number of carbonyl (C=O) groups excluding carboxylic acids is 1. The first-order chi connectivity index (χ1) is 16.1. The van der Waals surface area contributed by atoms with E-state index in [1.165, 1.54) is 35.7 Å². The highest BCUT2D eigenvalue weighted by Gasteiger charge is 2.24. The number of benzene rings is 3. The number of para-hydroxylation sites is 1. The van der Waals surface area contributed by atoms with E-state index >= 15 is 0 Å². The molecule has 1 N–H and O–H groups in total. The van der Waals surface area contributed by atoms with Crippen molar-refractivity contribution in [2.24, 2.45) is 4.99 Å². The molecule has 3 aromatic rings. The summed E-state index contributed by atoms with van der Waals surface area (Å²) in [6.45, 7) is 4.73. The number of aliphatic imine (C=N–C) groups is 1. The van der Waals surface area contributed by atoms with Crippen LogP contribution in [0.2, 0.25) is 0 Å². The van der Waals surface area contributed by atoms with Crippen LogP contribution in [0.4, 0.5) is 5.69 Å². The third-order valence-electron chi connectivity index (χ3n) is 5.36. The Morgan fingerprint density at radius 1 is 0.970 bits per heavy atom. The van der Waals surface area contributed by atoms with Gasteiger partial charge in [-0.3, -0.25) is 4.79 Å². The molecule has 0 spiro atoms. The van der Waals surface area contributed by atoms with Crippen LogP contribution in [0.15, 0.2) is 82.7 Å². The molecule has 1 heterocycles. The van der Waals surface area contributed by atoms with Gasteiger partial charge in [0.15, 0.2) is 5.17 Å². The van der Waals surface area contributed by atoms with E-state index in [0.29, 0.717) is 16.7 Å². The molecule has 0 unspecified atom stereocenters. The molecule has 0 radical (unpaired) electrons. The molecule has 1 amide bonds. The lowest BCUT2D eigenvalue weighted by Crippen LogP contribution is -2.19. The monoisotopic (exact) mass is 456 g/mol. The van der Waals surface area contributed by atoms with Gasteiger partial charge in [0.2, 0.25) is 0 Å². The van der Waals surface area contributed by atoms with Gasteiger partial charge in [0, 0.05) is 5.56 Å². The summed E-state index contributed by atoms with van der Waals surface area (Å²) in [6, 6.07) is 24.2. The molecular formula is C28H28N2O2S. The summed E-state index contributed by atoms with van der Waals surface area (Å²) in [5, 5.41) is 3.46. The van der Waals surface area contributed by atoms with Gasteiger partial charge in [0.1, 0.15) is 12.4 Å². The predicted octanol–water partition coefficient (Wildman–Crippen LogP) is 6.81. The number of unbranched alkanes of at least 4 members (excludes halogenated alkanes) is 1. The Morgan fingerprint density at radius 3 is 2.45 bits per heavy atom. The SMILES string of the molecule is CCCCc1ccc(N=C2NC(=O)C(=Cc3ccccc3OCc3ccc(C)cc3)S2)cc1. The van der Waals surface area contributed by atoms with E-state index in [9.17, 15) is 4.79 Å². The first-order valence-corrected chi connectivity index (χ1v) is 12.1. The molecule has 3 aromatic carbocycles. The fourth-order valence-corrected chi connectivity index (χ4v) is 4.27. The van der Waals surface area contributed by atoms with Crippen molar-refractivity contribution in [3.8, 4) is 5.75 Å². The number of ether oxygens (including phenoxy) is 1. The van der Waals surface area contributed by atoms with E-state index in [0.717, 1.165) is 29.0 Å². The van der Waals surface area contributed by atoms with Gasteiger partial charge in [-0.2, -0.15) is 0 Å². The average molecular weight is 457 g/mol. The summed E-state index contributed by atoms with van der Waals surface area (Å²) >= 11 is 1.35. The van der Waals surface area contributed by atoms with Crippen LogP contribution in [0.3, 0.4) is 0 Å². The lowest BCUT2D eigenvalue weighted by Gasteiger charge is -2.10. The molecule has 1 fully saturated rings. The molecule has 1 aliphatic heterocycles. The van der Waals surface area contributed by atoms with Crippen molar-refractivity contribution in [3.05, 3.63) is 100.0 Å². The fraction of sp³-hybridized carbons (Fsp3) is 0.214. The number of hydrogen-bond donors (Lipinski definition) is 1. The number of amides is 1. The largest absolute Gasteiger partial charge is 0.488 e. The highest BCUT2D eigenvalue weighted by molar-refractivity contribution is 8.18. The van der Waals surface area contributed by atoms with Crippen LogP contribution in [0.25, 0.3) is 6.08 Å². The van der Waals surface area contributed by atoms with E-state index in [1.54, 1.807) is 0 Å². The number of aryl methyl sites for hydroxylation is 2. The summed E-state index contributed by atoms with van der Waals surface area (Å²) in [6.07, 6.45) is 5.31. The van der Waals surface area contributed by atoms with Gasteiger partial charge in [-0.25, -0.2) is 4.99 Å². The molecule has 33 heavy (non-hydrogen) atoms. The Hall–Kier alpha value is -3.31. The standard InChI is InChI=1S/C28H28N2O2S/c1-3-4-7-21-14-16-24(17-15-21)29-28-30-27(31)26(33-28)18-23-8-5-6-9-25(23)32-19-22-12-10-20(2)11-13-22/h5-6,8-18H,3-4,7,19H2,1-2H3,(H,29,30,31). The van der Waals surface area contributed by atoms with Crippen molar-refractivity contribution in [3.63, 3.8) is 0 Å². The second kappa shape index (κ2) is 11.0. The van der Waals surface area contributed by atoms with Crippen molar-refractivity contribution >= 4 is 34.6 Å². The summed E-state index contributed by atoms with van der Waals surface area (Å²) in [5.74, 6) is 0.596. The van der Waals surface area contributed by atoms with Crippen molar-refractivity contribution in [2.75, 3.05) is 0 Å². The van der Waals surface area contributed by atoms with Crippen LogP contribution in [-0.2, 0) is 17.8 Å². The first-order valence-electron chi connectivity index (χ1n) is 11.3. The molecule has 1 saturated heterocycles. The maximum absolute atomic E-state index is 12.6. The number of nitrogens with one attached hydrogen (secondary N) is 1. The van der Waals surface area contributed by atoms with Crippen LogP contribution in [0, 0.1) is 6.92 Å². The van der Waals surface area contributed by atoms with Crippen molar-refractivity contribution < 1.29 is 9.53 Å². The first kappa shape index (κ1) is 22.9. The van der Waals surface area contributed by atoms with E-state index in [-0.39, 0.29) is 5.91 Å². The highest BCUT2D eigenvalue weighted by atomic mass is 32.2. The Morgan fingerprint density at radius 2 is 1.70 bits per heavy atom. The van der Waals surface area contributed by atoms with Crippen LogP contribution in [-0.4, -0.2) is 11.1 Å². The van der Waals surface area contributed by atoms with Crippen LogP contribution < -0.4 is 10.1 Å². The van der Waals surface area contributed by atoms with E-state index in [2.05, 4.69) is 60.6 Å². The van der Waals surface area contributed by atoms with Crippen LogP contribution in [0.5, 0.6) is 5.75 Å². The maximum Gasteiger partial charge on any atom is 0.264 e. The number of rotatable bonds is 8. The normalized spacial score (nSPS) is 15.8. The minimum absolute atomic E-state index is 0.147. The maximum atomic E-state index is 12.6. The van der Waals surface area contributed by atoms with E-state index in [1.807, 2.05) is 42.5 Å². The number of carbonyl (C=O) groups is 1. The second-order valence-corrected chi connectivity index (χ2v) is 9.09. The molecule has 5 heteroatoms. The van der Waals surface area contributed by atoms with Gasteiger partial charge >= 0.3 is 0 Å². The number of thioether (sulfide) groups is 1. The minimum Gasteiger partial charge on any atom is -0.488 e. The zero-order valence-electron chi connectivity index (χ0n) is 19.0. The van der Waals surface area contributed by atoms with Gasteiger partial charge in [-0.15, -0.1) is 0 Å². The summed E-state index contributed by atoms with van der Waals surface area (Å²) in [4.78, 5) is 17.8. The molecule has 0 saturated carbocycles. The highest BCUT2D eigenvalue weighted by Crippen LogP contribution is 2.31. The summed E-state index contributed by atoms with van der Waals surface area (Å²) in [5.41, 5.74) is 5.33. The third kappa shape index (κ3) is 6.36. The Kier molecular flexibility index (Phi) is 7.63. The molecular weight excluding hydrogens is 428 g/mol. The number of nitrogens with zero attached hydrogens (tertiary/aromatic N) is 1. The molecule has 0 bridgehead atoms. The molecule has 4 nitrogen and oxygen atoms in total. The van der Waals surface area contributed by atoms with Gasteiger partial charge in [0.25, 0.3) is 5.91 Å². The van der Waals surface area contributed by atoms with Crippen LogP contribution >= 0.6 is 11.8 Å². The lowest BCUT2D eigenvalue weighted by molar-refractivity contribution is -0.115. The predicted molar refractivity (Wildman–Crippen MR) is 138 cm³/mol. The molecule has 0 aliphatic carbocycles. The Labute approximate surface area is 199 Å². The van der Waals surface area contributed by atoms with Gasteiger partial charge in [-0.05, 0) is 66.9 Å². The van der Waals surface area contributed by atoms with Gasteiger partial charge in [-0.1, -0.05) is 73.5 Å². The van der Waals surface area contributed by atoms with Crippen molar-refractivity contribution in [1.82, 2.24) is 5.32 Å². The topological polar surface area (TPSA) is 50.7 Å². The summed E-state index contributed by atoms with van der Waals surface area (Å²) in [7, 11) is 0. The Balaban J connectivity index is 1.45. The quantitative estimate of drug-likeness (QED) is 0.379. The van der Waals surface area contributed by atoms with Crippen LogP contribution in [0.1, 0.15) is 42.0 Å². The minimum atomic E-state index is -0.147. The smallest absolute Gasteiger partial charge is 0.264 e.